The summed E-state index contributed by atoms with van der Waals surface area (Å²) in [5.74, 6) is -0.0951. The number of carboxylic acids is 2. The van der Waals surface area contributed by atoms with Crippen LogP contribution in [0.3, 0.4) is 0 Å². The van der Waals surface area contributed by atoms with E-state index < -0.39 is 46.0 Å². The largest absolute Gasteiger partial charge is 1.00 e. The molecule has 19 heteroatoms. The molecule has 0 unspecified atom stereocenters. The zero-order chi connectivity index (χ0) is 46.3. The Morgan fingerprint density at radius 3 is 1.12 bits per heavy atom. The number of halogens is 6. The fraction of sp³-hybridized carbons (Fsp3) is 0.348. The van der Waals surface area contributed by atoms with E-state index in [0.29, 0.717) is 45.7 Å². The van der Waals surface area contributed by atoms with Gasteiger partial charge in [0.05, 0.1) is 33.6 Å². The van der Waals surface area contributed by atoms with Gasteiger partial charge in [-0.15, -0.1) is 0 Å². The van der Waals surface area contributed by atoms with Gasteiger partial charge >= 0.3 is 53.8 Å². The number of pyridine rings is 2. The van der Waals surface area contributed by atoms with Crippen LogP contribution >= 0.6 is 0 Å². The van der Waals surface area contributed by atoms with Crippen LogP contribution in [0.5, 0.6) is 11.5 Å². The van der Waals surface area contributed by atoms with Crippen molar-refractivity contribution in [1.29, 1.82) is 0 Å². The summed E-state index contributed by atoms with van der Waals surface area (Å²) in [5.41, 5.74) is -1.25. The first-order valence-electron chi connectivity index (χ1n) is 20.1. The molecule has 0 aliphatic heterocycles. The van der Waals surface area contributed by atoms with Gasteiger partial charge in [0.2, 0.25) is 0 Å². The number of aromatic nitrogens is 6. The summed E-state index contributed by atoms with van der Waals surface area (Å²) in [6.07, 6.45) is -2.66. The van der Waals surface area contributed by atoms with Gasteiger partial charge in [0.25, 0.3) is 0 Å². The first-order valence-corrected chi connectivity index (χ1v) is 20.1. The van der Waals surface area contributed by atoms with Crippen molar-refractivity contribution >= 4 is 11.9 Å². The predicted molar refractivity (Wildman–Crippen MR) is 222 cm³/mol. The molecular weight excluding hydrogens is 870 g/mol. The molecule has 2 fully saturated rings. The maximum absolute atomic E-state index is 13.3. The first-order chi connectivity index (χ1) is 30.0. The van der Waals surface area contributed by atoms with Crippen molar-refractivity contribution in [3.05, 3.63) is 109 Å². The molecule has 0 spiro atoms. The van der Waals surface area contributed by atoms with Gasteiger partial charge in [-0.25, -0.2) is 9.97 Å². The van der Waals surface area contributed by atoms with E-state index in [-0.39, 0.29) is 79.8 Å². The van der Waals surface area contributed by atoms with Gasteiger partial charge in [0.1, 0.15) is 47.2 Å². The van der Waals surface area contributed by atoms with Crippen molar-refractivity contribution in [3.8, 4) is 56.8 Å². The average molecular weight is 914 g/mol. The monoisotopic (exact) mass is 913 g/mol. The van der Waals surface area contributed by atoms with Crippen LogP contribution in [0.25, 0.3) is 45.3 Å². The van der Waals surface area contributed by atoms with Gasteiger partial charge in [-0.05, 0) is 126 Å². The van der Waals surface area contributed by atoms with Crippen LogP contribution in [-0.2, 0) is 20.4 Å². The van der Waals surface area contributed by atoms with E-state index in [1.807, 2.05) is 0 Å². The fourth-order valence-corrected chi connectivity index (χ4v) is 6.59. The third-order valence-corrected chi connectivity index (χ3v) is 11.5. The summed E-state index contributed by atoms with van der Waals surface area (Å²) in [4.78, 5) is 45.0. The van der Waals surface area contributed by atoms with Crippen molar-refractivity contribution < 1.29 is 85.2 Å². The molecule has 336 valence electrons. The molecule has 4 heterocycles. The molecule has 6 aromatic rings. The van der Waals surface area contributed by atoms with Crippen LogP contribution in [0.2, 0.25) is 0 Å². The number of hydrogen-bond donors (Lipinski definition) is 4. The number of benzene rings is 2. The summed E-state index contributed by atoms with van der Waals surface area (Å²) >= 11 is 0. The van der Waals surface area contributed by atoms with E-state index in [9.17, 15) is 35.9 Å². The molecule has 4 N–H and O–H groups in total. The zero-order valence-electron chi connectivity index (χ0n) is 36.1. The van der Waals surface area contributed by atoms with Crippen LogP contribution in [-0.4, -0.2) is 77.6 Å². The molecule has 12 nitrogen and oxygen atoms in total. The molecule has 0 bridgehead atoms. The molecule has 2 saturated carbocycles. The number of carboxylic acid groups (broad SMARTS) is 2. The van der Waals surface area contributed by atoms with Gasteiger partial charge in [-0.3, -0.25) is 19.6 Å². The fourth-order valence-electron chi connectivity index (χ4n) is 6.59. The number of alkyl halides is 6. The standard InChI is InChI=1S/2C23H22F3N3O3.Na/c2*1-21(2,20(30)31)13-32-16-6-3-14(4-7-16)17-8-5-15(11-27-17)19-28-12-18(29-19)22(9-10-22)23(24,25)26;/h2*3-8,11-12H,9-10,13H2,1-2H3,(H,28,29)(H,30,31);/q;;+1. The average Bonchev–Trinajstić information content (AvgIpc) is 4.16. The number of hydrogen-bond acceptors (Lipinski definition) is 8. The topological polar surface area (TPSA) is 176 Å². The predicted octanol–water partition coefficient (Wildman–Crippen LogP) is 7.45. The molecule has 65 heavy (non-hydrogen) atoms. The van der Waals surface area contributed by atoms with E-state index in [1.54, 1.807) is 113 Å². The minimum absolute atomic E-state index is 0. The summed E-state index contributed by atoms with van der Waals surface area (Å²) < 4.78 is 91.0. The summed E-state index contributed by atoms with van der Waals surface area (Å²) in [5, 5.41) is 18.3. The van der Waals surface area contributed by atoms with Crippen molar-refractivity contribution in [1.82, 2.24) is 29.9 Å². The molecule has 2 aliphatic carbocycles. The first kappa shape index (κ1) is 48.7. The van der Waals surface area contributed by atoms with E-state index in [1.165, 1.54) is 12.4 Å². The Labute approximate surface area is 391 Å². The third-order valence-electron chi connectivity index (χ3n) is 11.5. The smallest absolute Gasteiger partial charge is 0.492 e. The number of imidazole rings is 2. The van der Waals surface area contributed by atoms with Gasteiger partial charge in [-0.2, -0.15) is 26.3 Å². The molecule has 4 aromatic heterocycles. The van der Waals surface area contributed by atoms with E-state index >= 15 is 0 Å². The number of ether oxygens (including phenoxy) is 2. The van der Waals surface area contributed by atoms with Gasteiger partial charge in [-0.1, -0.05) is 0 Å². The number of carbonyl (C=O) groups is 2. The van der Waals surface area contributed by atoms with Gasteiger partial charge in [0.15, 0.2) is 0 Å². The normalized spacial score (nSPS) is 15.2. The number of nitrogens with zero attached hydrogens (tertiary/aromatic N) is 4. The second kappa shape index (κ2) is 18.3. The second-order valence-electron chi connectivity index (χ2n) is 17.3. The second-order valence-corrected chi connectivity index (χ2v) is 17.3. The van der Waals surface area contributed by atoms with Gasteiger partial charge in [0, 0.05) is 47.0 Å². The Morgan fingerprint density at radius 2 is 0.862 bits per heavy atom. The van der Waals surface area contributed by atoms with E-state index in [0.717, 1.165) is 11.1 Å². The molecule has 2 aliphatic rings. The molecule has 8 rings (SSSR count). The molecule has 0 amide bonds. The molecule has 0 atom stereocenters. The molecule has 2 aromatic carbocycles. The summed E-state index contributed by atoms with van der Waals surface area (Å²) in [6, 6.07) is 21.1. The number of rotatable bonds is 14. The number of nitrogens with one attached hydrogen (secondary N) is 2. The van der Waals surface area contributed by atoms with Crippen molar-refractivity contribution in [2.24, 2.45) is 10.8 Å². The number of H-pyrrole nitrogens is 2. The Hall–Kier alpha value is -5.72. The Morgan fingerprint density at radius 1 is 0.538 bits per heavy atom. The maximum Gasteiger partial charge on any atom is 1.00 e. The maximum atomic E-state index is 13.3. The number of aliphatic carboxylic acids is 2. The Kier molecular flexibility index (Phi) is 13.7. The SMILES string of the molecule is CC(C)(COc1ccc(-c2ccc(-c3ncc(C4(C(F)(F)F)CC4)[nH]3)cn2)cc1)C(=O)O.CC(C)(COc1ccc(-c2ccc(-c3ncc(C4(C(F)(F)F)CC4)[nH]3)cn2)cc1)C(=O)O.[Na+]. The van der Waals surface area contributed by atoms with Crippen LogP contribution < -0.4 is 39.0 Å². The quantitative estimate of drug-likeness (QED) is 0.0635. The summed E-state index contributed by atoms with van der Waals surface area (Å²) in [6.45, 7) is 6.43. The summed E-state index contributed by atoms with van der Waals surface area (Å²) in [7, 11) is 0. The van der Waals surface area contributed by atoms with Gasteiger partial charge < -0.3 is 29.7 Å². The van der Waals surface area contributed by atoms with Crippen molar-refractivity contribution in [2.45, 2.75) is 76.6 Å². The minimum atomic E-state index is -4.29. The third kappa shape index (κ3) is 10.5. The van der Waals surface area contributed by atoms with Crippen LogP contribution in [0.15, 0.2) is 97.6 Å². The molecule has 0 radical (unpaired) electrons. The van der Waals surface area contributed by atoms with Crippen molar-refractivity contribution in [2.75, 3.05) is 13.2 Å². The zero-order valence-corrected chi connectivity index (χ0v) is 38.1. The van der Waals surface area contributed by atoms with Crippen LogP contribution in [0.1, 0.15) is 64.8 Å². The van der Waals surface area contributed by atoms with E-state index in [2.05, 4.69) is 29.9 Å². The van der Waals surface area contributed by atoms with E-state index in [4.69, 9.17) is 19.7 Å². The van der Waals surface area contributed by atoms with Crippen LogP contribution in [0.4, 0.5) is 26.3 Å². The minimum Gasteiger partial charge on any atom is -0.492 e. The van der Waals surface area contributed by atoms with Crippen LogP contribution in [0, 0.1) is 10.8 Å². The Bertz CT molecular complexity index is 2420. The Balaban J connectivity index is 0.000000212. The number of aromatic amines is 2. The van der Waals surface area contributed by atoms with Crippen molar-refractivity contribution in [3.63, 3.8) is 0 Å². The molecular formula is C46H44F6N6NaO6+. The molecule has 0 saturated heterocycles.